The molecule has 142 valence electrons. The molecule has 4 rings (SSSR count). The first kappa shape index (κ1) is 17.8. The SMILES string of the molecule is CC[C@@H](Nc1c(Nc2ccc3[nH]cnc3c2)c(=O)c1=O)c1cccc(OC)c1. The molecule has 1 heterocycles. The highest BCUT2D eigenvalue weighted by Gasteiger charge is 2.24. The van der Waals surface area contributed by atoms with Gasteiger partial charge in [0.2, 0.25) is 0 Å². The summed E-state index contributed by atoms with van der Waals surface area (Å²) in [7, 11) is 1.61. The van der Waals surface area contributed by atoms with Crippen molar-refractivity contribution in [3.05, 3.63) is 74.8 Å². The lowest BCUT2D eigenvalue weighted by molar-refractivity contribution is 0.414. The number of fused-ring (bicyclic) bond motifs is 1. The van der Waals surface area contributed by atoms with E-state index in [1.165, 1.54) is 0 Å². The van der Waals surface area contributed by atoms with Crippen LogP contribution in [-0.2, 0) is 0 Å². The number of rotatable bonds is 7. The molecule has 0 fully saturated rings. The molecule has 3 aromatic carbocycles. The minimum Gasteiger partial charge on any atom is -0.497 e. The largest absolute Gasteiger partial charge is 0.497 e. The first-order valence-electron chi connectivity index (χ1n) is 9.04. The van der Waals surface area contributed by atoms with Crippen LogP contribution < -0.4 is 26.2 Å². The third kappa shape index (κ3) is 3.11. The van der Waals surface area contributed by atoms with E-state index < -0.39 is 10.9 Å². The molecule has 28 heavy (non-hydrogen) atoms. The van der Waals surface area contributed by atoms with Crippen molar-refractivity contribution in [3.8, 4) is 5.75 Å². The standard InChI is InChI=1S/C21H20N4O3/c1-3-15(12-5-4-6-14(9-12)28-2)25-19-18(20(26)21(19)27)24-13-7-8-16-17(10-13)23-11-22-16/h4-11,15,24-25H,3H2,1-2H3,(H,22,23)/t15-/m1/s1. The monoisotopic (exact) mass is 376 g/mol. The molecule has 4 aromatic rings. The Morgan fingerprint density at radius 1 is 1.11 bits per heavy atom. The predicted molar refractivity (Wildman–Crippen MR) is 110 cm³/mol. The molecule has 0 amide bonds. The van der Waals surface area contributed by atoms with Gasteiger partial charge >= 0.3 is 0 Å². The van der Waals surface area contributed by atoms with E-state index in [2.05, 4.69) is 20.6 Å². The van der Waals surface area contributed by atoms with Gasteiger partial charge in [0.25, 0.3) is 10.9 Å². The first-order valence-corrected chi connectivity index (χ1v) is 9.04. The molecule has 0 spiro atoms. The number of hydrogen-bond acceptors (Lipinski definition) is 6. The quantitative estimate of drug-likeness (QED) is 0.428. The Hall–Kier alpha value is -3.61. The molecule has 0 radical (unpaired) electrons. The van der Waals surface area contributed by atoms with Gasteiger partial charge in [-0.3, -0.25) is 9.59 Å². The molecule has 0 aliphatic heterocycles. The Morgan fingerprint density at radius 2 is 1.93 bits per heavy atom. The number of aromatic amines is 1. The molecule has 1 aromatic heterocycles. The summed E-state index contributed by atoms with van der Waals surface area (Å²) >= 11 is 0. The van der Waals surface area contributed by atoms with Crippen molar-refractivity contribution < 1.29 is 4.74 Å². The molecule has 0 aliphatic rings. The van der Waals surface area contributed by atoms with E-state index in [1.54, 1.807) is 13.4 Å². The zero-order chi connectivity index (χ0) is 19.7. The lowest BCUT2D eigenvalue weighted by Crippen LogP contribution is -2.37. The van der Waals surface area contributed by atoms with Crippen LogP contribution >= 0.6 is 0 Å². The molecular weight excluding hydrogens is 356 g/mol. The van der Waals surface area contributed by atoms with Crippen molar-refractivity contribution >= 4 is 28.1 Å². The molecule has 1 atom stereocenters. The van der Waals surface area contributed by atoms with Crippen molar-refractivity contribution in [3.63, 3.8) is 0 Å². The van der Waals surface area contributed by atoms with Crippen molar-refractivity contribution in [2.45, 2.75) is 19.4 Å². The highest BCUT2D eigenvalue weighted by molar-refractivity contribution is 5.84. The van der Waals surface area contributed by atoms with Crippen LogP contribution in [0.15, 0.2) is 58.4 Å². The average Bonchev–Trinajstić information content (AvgIpc) is 3.21. The number of hydrogen-bond donors (Lipinski definition) is 3. The number of nitrogens with one attached hydrogen (secondary N) is 3. The molecule has 0 aliphatic carbocycles. The van der Waals surface area contributed by atoms with Crippen LogP contribution in [-0.4, -0.2) is 17.1 Å². The van der Waals surface area contributed by atoms with Crippen LogP contribution in [0.3, 0.4) is 0 Å². The lowest BCUT2D eigenvalue weighted by atomic mass is 10.0. The Balaban J connectivity index is 1.60. The van der Waals surface area contributed by atoms with Gasteiger partial charge in [0.05, 0.1) is 30.5 Å². The van der Waals surface area contributed by atoms with Gasteiger partial charge in [0.15, 0.2) is 0 Å². The van der Waals surface area contributed by atoms with Crippen LogP contribution in [0.5, 0.6) is 5.75 Å². The van der Waals surface area contributed by atoms with Gasteiger partial charge in [-0.25, -0.2) is 4.98 Å². The third-order valence-corrected chi connectivity index (χ3v) is 4.82. The van der Waals surface area contributed by atoms with Gasteiger partial charge < -0.3 is 20.4 Å². The zero-order valence-electron chi connectivity index (χ0n) is 15.6. The number of aromatic nitrogens is 2. The fourth-order valence-electron chi connectivity index (χ4n) is 3.26. The van der Waals surface area contributed by atoms with Gasteiger partial charge in [-0.1, -0.05) is 19.1 Å². The smallest absolute Gasteiger partial charge is 0.253 e. The summed E-state index contributed by atoms with van der Waals surface area (Å²) in [5, 5.41) is 6.29. The second kappa shape index (κ2) is 7.19. The van der Waals surface area contributed by atoms with E-state index in [4.69, 9.17) is 4.74 Å². The van der Waals surface area contributed by atoms with Crippen molar-refractivity contribution in [2.24, 2.45) is 0 Å². The zero-order valence-corrected chi connectivity index (χ0v) is 15.6. The minimum atomic E-state index is -0.523. The maximum Gasteiger partial charge on any atom is 0.253 e. The second-order valence-corrected chi connectivity index (χ2v) is 6.55. The van der Waals surface area contributed by atoms with Gasteiger partial charge in [-0.15, -0.1) is 0 Å². The van der Waals surface area contributed by atoms with Crippen LogP contribution in [0.1, 0.15) is 24.9 Å². The fraction of sp³-hybridized carbons (Fsp3) is 0.190. The van der Waals surface area contributed by atoms with Gasteiger partial charge in [-0.05, 0) is 42.3 Å². The van der Waals surface area contributed by atoms with Crippen LogP contribution in [0.2, 0.25) is 0 Å². The second-order valence-electron chi connectivity index (χ2n) is 6.55. The molecule has 7 heteroatoms. The number of anilines is 3. The summed E-state index contributed by atoms with van der Waals surface area (Å²) < 4.78 is 5.28. The van der Waals surface area contributed by atoms with Crippen LogP contribution in [0, 0.1) is 0 Å². The van der Waals surface area contributed by atoms with E-state index in [1.807, 2.05) is 49.4 Å². The first-order chi connectivity index (χ1) is 13.6. The van der Waals surface area contributed by atoms with Crippen molar-refractivity contribution in [1.29, 1.82) is 0 Å². The maximum atomic E-state index is 12.2. The number of H-pyrrole nitrogens is 1. The average molecular weight is 376 g/mol. The maximum absolute atomic E-state index is 12.2. The van der Waals surface area contributed by atoms with E-state index in [-0.39, 0.29) is 11.7 Å². The number of nitrogens with zero attached hydrogens (tertiary/aromatic N) is 1. The Bertz CT molecular complexity index is 1200. The summed E-state index contributed by atoms with van der Waals surface area (Å²) in [4.78, 5) is 31.6. The van der Waals surface area contributed by atoms with E-state index >= 15 is 0 Å². The van der Waals surface area contributed by atoms with Crippen LogP contribution in [0.4, 0.5) is 17.1 Å². The summed E-state index contributed by atoms with van der Waals surface area (Å²) in [5.41, 5.74) is 2.92. The Labute approximate surface area is 161 Å². The lowest BCUT2D eigenvalue weighted by Gasteiger charge is -2.22. The summed E-state index contributed by atoms with van der Waals surface area (Å²) in [6.45, 7) is 2.02. The summed E-state index contributed by atoms with van der Waals surface area (Å²) in [6.07, 6.45) is 2.35. The normalized spacial score (nSPS) is 12.2. The van der Waals surface area contributed by atoms with Crippen molar-refractivity contribution in [1.82, 2.24) is 9.97 Å². The minimum absolute atomic E-state index is 0.118. The number of imidazole rings is 1. The van der Waals surface area contributed by atoms with Crippen LogP contribution in [0.25, 0.3) is 11.0 Å². The molecule has 0 saturated heterocycles. The molecule has 0 bridgehead atoms. The molecule has 7 nitrogen and oxygen atoms in total. The number of ether oxygens (including phenoxy) is 1. The van der Waals surface area contributed by atoms with Gasteiger partial charge in [-0.2, -0.15) is 0 Å². The van der Waals surface area contributed by atoms with E-state index in [0.29, 0.717) is 11.4 Å². The molecule has 0 saturated carbocycles. The predicted octanol–water partition coefficient (Wildman–Crippen LogP) is 3.47. The third-order valence-electron chi connectivity index (χ3n) is 4.82. The molecular formula is C21H20N4O3. The van der Waals surface area contributed by atoms with E-state index in [9.17, 15) is 9.59 Å². The topological polar surface area (TPSA) is 96.1 Å². The molecule has 3 N–H and O–H groups in total. The van der Waals surface area contributed by atoms with Gasteiger partial charge in [0.1, 0.15) is 17.1 Å². The highest BCUT2D eigenvalue weighted by atomic mass is 16.5. The van der Waals surface area contributed by atoms with Gasteiger partial charge in [0, 0.05) is 5.69 Å². The Morgan fingerprint density at radius 3 is 2.71 bits per heavy atom. The number of methoxy groups -OCH3 is 1. The summed E-state index contributed by atoms with van der Waals surface area (Å²) in [6, 6.07) is 13.1. The fourth-order valence-corrected chi connectivity index (χ4v) is 3.26. The Kier molecular flexibility index (Phi) is 4.57. The van der Waals surface area contributed by atoms with Crippen molar-refractivity contribution in [2.75, 3.05) is 17.7 Å². The highest BCUT2D eigenvalue weighted by Crippen LogP contribution is 2.29. The number of benzene rings is 2. The summed E-state index contributed by atoms with van der Waals surface area (Å²) in [5.74, 6) is 0.744. The molecule has 0 unspecified atom stereocenters. The van der Waals surface area contributed by atoms with E-state index in [0.717, 1.165) is 28.8 Å².